The molecule has 0 saturated heterocycles. The second-order valence-corrected chi connectivity index (χ2v) is 7.65. The van der Waals surface area contributed by atoms with E-state index in [2.05, 4.69) is 15.4 Å². The summed E-state index contributed by atoms with van der Waals surface area (Å²) in [7, 11) is 1.32. The second-order valence-electron chi connectivity index (χ2n) is 7.24. The smallest absolute Gasteiger partial charge is 0.307 e. The molecule has 0 saturated carbocycles. The summed E-state index contributed by atoms with van der Waals surface area (Å²) in [5.74, 6) is -0.602. The highest BCUT2D eigenvalue weighted by Crippen LogP contribution is 2.26. The van der Waals surface area contributed by atoms with Gasteiger partial charge in [0.05, 0.1) is 25.3 Å². The Hall–Kier alpha value is -2.93. The Bertz CT molecular complexity index is 1090. The van der Waals surface area contributed by atoms with Gasteiger partial charge < -0.3 is 10.1 Å². The van der Waals surface area contributed by atoms with Gasteiger partial charge in [-0.3, -0.25) is 9.59 Å². The van der Waals surface area contributed by atoms with E-state index in [1.165, 1.54) is 7.11 Å². The number of fused-ring (bicyclic) bond motifs is 1. The highest BCUT2D eigenvalue weighted by molar-refractivity contribution is 6.31. The molecule has 0 fully saturated rings. The quantitative estimate of drug-likeness (QED) is 0.580. The topological polar surface area (TPSA) is 85.6 Å². The van der Waals surface area contributed by atoms with Crippen molar-refractivity contribution in [1.82, 2.24) is 19.9 Å². The number of hydrogen-bond acceptors (Lipinski definition) is 5. The number of aryl methyl sites for hydroxylation is 3. The molecule has 8 heteroatoms. The van der Waals surface area contributed by atoms with Gasteiger partial charge in [0.1, 0.15) is 0 Å². The second kappa shape index (κ2) is 9.26. The maximum absolute atomic E-state index is 12.7. The van der Waals surface area contributed by atoms with E-state index in [1.807, 2.05) is 32.9 Å². The lowest BCUT2D eigenvalue weighted by Crippen LogP contribution is -2.31. The molecule has 3 aromatic rings. The van der Waals surface area contributed by atoms with E-state index in [-0.39, 0.29) is 18.7 Å². The van der Waals surface area contributed by atoms with Crippen LogP contribution in [-0.2, 0) is 20.7 Å². The number of amides is 1. The molecule has 1 aromatic carbocycles. The van der Waals surface area contributed by atoms with Crippen molar-refractivity contribution in [3.05, 3.63) is 63.6 Å². The Morgan fingerprint density at radius 2 is 1.97 bits per heavy atom. The maximum Gasteiger partial charge on any atom is 0.307 e. The average Bonchev–Trinajstić information content (AvgIpc) is 3.07. The molecule has 0 spiro atoms. The Balaban J connectivity index is 1.75. The van der Waals surface area contributed by atoms with Crippen LogP contribution in [0.3, 0.4) is 0 Å². The minimum atomic E-state index is -0.560. The van der Waals surface area contributed by atoms with Crippen molar-refractivity contribution in [2.45, 2.75) is 46.1 Å². The minimum Gasteiger partial charge on any atom is -0.469 e. The molecule has 1 atom stereocenters. The molecule has 2 aromatic heterocycles. The Morgan fingerprint density at radius 3 is 2.67 bits per heavy atom. The number of aromatic nitrogens is 3. The largest absolute Gasteiger partial charge is 0.469 e. The molecule has 0 aliphatic rings. The third kappa shape index (κ3) is 4.79. The molecule has 0 aliphatic heterocycles. The lowest BCUT2D eigenvalue weighted by atomic mass is 10.0. The molecule has 1 N–H and O–H groups in total. The number of nitrogens with one attached hydrogen (secondary N) is 1. The summed E-state index contributed by atoms with van der Waals surface area (Å²) >= 11 is 6.28. The van der Waals surface area contributed by atoms with Crippen molar-refractivity contribution in [2.24, 2.45) is 0 Å². The van der Waals surface area contributed by atoms with Crippen LogP contribution in [0.4, 0.5) is 0 Å². The van der Waals surface area contributed by atoms with Gasteiger partial charge in [-0.05, 0) is 44.4 Å². The first-order valence-electron chi connectivity index (χ1n) is 9.73. The van der Waals surface area contributed by atoms with Gasteiger partial charge >= 0.3 is 5.97 Å². The molecular formula is C22H25ClN4O3. The number of nitrogens with zero attached hydrogens (tertiary/aromatic N) is 3. The van der Waals surface area contributed by atoms with Crippen molar-refractivity contribution in [1.29, 1.82) is 0 Å². The van der Waals surface area contributed by atoms with Crippen LogP contribution in [0.2, 0.25) is 5.02 Å². The number of ether oxygens (including phenoxy) is 1. The van der Waals surface area contributed by atoms with Crippen LogP contribution in [0, 0.1) is 20.8 Å². The number of carbonyl (C=O) groups excluding carboxylic acids is 2. The molecule has 30 heavy (non-hydrogen) atoms. The molecule has 0 aliphatic carbocycles. The van der Waals surface area contributed by atoms with Crippen molar-refractivity contribution in [3.8, 4) is 0 Å². The number of esters is 1. The lowest BCUT2D eigenvalue weighted by molar-refractivity contribution is -0.141. The van der Waals surface area contributed by atoms with E-state index in [9.17, 15) is 9.59 Å². The summed E-state index contributed by atoms with van der Waals surface area (Å²) < 4.78 is 6.58. The summed E-state index contributed by atoms with van der Waals surface area (Å²) in [6.07, 6.45) is 0.764. The highest BCUT2D eigenvalue weighted by atomic mass is 35.5. The van der Waals surface area contributed by atoms with Gasteiger partial charge in [-0.25, -0.2) is 9.50 Å². The van der Waals surface area contributed by atoms with Crippen LogP contribution < -0.4 is 5.32 Å². The molecular weight excluding hydrogens is 404 g/mol. The van der Waals surface area contributed by atoms with Gasteiger partial charge in [0.25, 0.3) is 0 Å². The zero-order chi connectivity index (χ0) is 21.8. The van der Waals surface area contributed by atoms with Crippen molar-refractivity contribution < 1.29 is 14.3 Å². The van der Waals surface area contributed by atoms with Crippen molar-refractivity contribution >= 4 is 29.1 Å². The zero-order valence-corrected chi connectivity index (χ0v) is 18.3. The minimum absolute atomic E-state index is 0.00408. The third-order valence-electron chi connectivity index (χ3n) is 5.10. The normalized spacial score (nSPS) is 12.0. The fraction of sp³-hybridized carbons (Fsp3) is 0.364. The molecule has 1 unspecified atom stereocenters. The van der Waals surface area contributed by atoms with Crippen LogP contribution in [0.15, 0.2) is 30.3 Å². The van der Waals surface area contributed by atoms with E-state index in [0.717, 1.165) is 28.3 Å². The number of hydrogen-bond donors (Lipinski definition) is 1. The van der Waals surface area contributed by atoms with E-state index in [0.29, 0.717) is 17.0 Å². The Morgan fingerprint density at radius 1 is 1.23 bits per heavy atom. The number of methoxy groups -OCH3 is 1. The van der Waals surface area contributed by atoms with Crippen LogP contribution in [0.1, 0.15) is 47.1 Å². The molecule has 0 bridgehead atoms. The lowest BCUT2D eigenvalue weighted by Gasteiger charge is -2.19. The fourth-order valence-corrected chi connectivity index (χ4v) is 3.82. The standard InChI is InChI=1S/C22H25ClN4O3/c1-13-11-20-24-14(2)16(15(3)27(20)26-13)9-10-21(28)25-19(12-22(29)30-4)17-7-5-6-8-18(17)23/h5-8,11,19H,9-10,12H2,1-4H3,(H,25,28). The monoisotopic (exact) mass is 428 g/mol. The first-order chi connectivity index (χ1) is 14.3. The molecule has 3 rings (SSSR count). The summed E-state index contributed by atoms with van der Waals surface area (Å²) in [5, 5.41) is 7.88. The number of halogens is 1. The number of carbonyl (C=O) groups is 2. The predicted molar refractivity (Wildman–Crippen MR) is 114 cm³/mol. The fourth-order valence-electron chi connectivity index (χ4n) is 3.55. The third-order valence-corrected chi connectivity index (χ3v) is 5.45. The predicted octanol–water partition coefficient (Wildman–Crippen LogP) is 3.66. The van der Waals surface area contributed by atoms with E-state index in [1.54, 1.807) is 22.7 Å². The van der Waals surface area contributed by atoms with Crippen LogP contribution >= 0.6 is 11.6 Å². The highest BCUT2D eigenvalue weighted by Gasteiger charge is 2.21. The summed E-state index contributed by atoms with van der Waals surface area (Å²) in [4.78, 5) is 29.2. The Kier molecular flexibility index (Phi) is 6.72. The Labute approximate surface area is 180 Å². The first-order valence-corrected chi connectivity index (χ1v) is 10.1. The van der Waals surface area contributed by atoms with E-state index < -0.39 is 12.0 Å². The van der Waals surface area contributed by atoms with Gasteiger partial charge in [0, 0.05) is 28.9 Å². The molecule has 158 valence electrons. The first kappa shape index (κ1) is 21.8. The van der Waals surface area contributed by atoms with Crippen molar-refractivity contribution in [3.63, 3.8) is 0 Å². The molecule has 1 amide bonds. The van der Waals surface area contributed by atoms with E-state index in [4.69, 9.17) is 16.3 Å². The summed E-state index contributed by atoms with van der Waals surface area (Å²) in [5.41, 5.74) is 5.21. The van der Waals surface area contributed by atoms with Crippen LogP contribution in [-0.4, -0.2) is 33.6 Å². The van der Waals surface area contributed by atoms with E-state index >= 15 is 0 Å². The SMILES string of the molecule is COC(=O)CC(NC(=O)CCc1c(C)nc2cc(C)nn2c1C)c1ccccc1Cl. The number of rotatable bonds is 7. The maximum atomic E-state index is 12.7. The average molecular weight is 429 g/mol. The van der Waals surface area contributed by atoms with Gasteiger partial charge in [-0.15, -0.1) is 0 Å². The zero-order valence-electron chi connectivity index (χ0n) is 17.5. The van der Waals surface area contributed by atoms with Gasteiger partial charge in [-0.1, -0.05) is 29.8 Å². The number of benzene rings is 1. The van der Waals surface area contributed by atoms with Gasteiger partial charge in [0.15, 0.2) is 5.65 Å². The summed E-state index contributed by atoms with van der Waals surface area (Å²) in [6.45, 7) is 5.84. The molecule has 0 radical (unpaired) electrons. The molecule has 2 heterocycles. The molecule has 7 nitrogen and oxygen atoms in total. The van der Waals surface area contributed by atoms with Gasteiger partial charge in [0.2, 0.25) is 5.91 Å². The van der Waals surface area contributed by atoms with Crippen molar-refractivity contribution in [2.75, 3.05) is 7.11 Å². The van der Waals surface area contributed by atoms with Crippen LogP contribution in [0.25, 0.3) is 5.65 Å². The van der Waals surface area contributed by atoms with Crippen LogP contribution in [0.5, 0.6) is 0 Å². The summed E-state index contributed by atoms with van der Waals surface area (Å²) in [6, 6.07) is 8.51. The van der Waals surface area contributed by atoms with Gasteiger partial charge in [-0.2, -0.15) is 5.10 Å².